The zero-order valence-electron chi connectivity index (χ0n) is 13.3. The molecule has 23 heavy (non-hydrogen) atoms. The molecule has 3 rings (SSSR count). The van der Waals surface area contributed by atoms with Gasteiger partial charge >= 0.3 is 0 Å². The van der Waals surface area contributed by atoms with Gasteiger partial charge in [0.25, 0.3) is 5.91 Å². The summed E-state index contributed by atoms with van der Waals surface area (Å²) in [6.07, 6.45) is 4.99. The van der Waals surface area contributed by atoms with Crippen LogP contribution in [0.4, 0.5) is 0 Å². The van der Waals surface area contributed by atoms with E-state index in [1.807, 2.05) is 36.4 Å². The number of aromatic amines is 1. The molecule has 5 heteroatoms. The first-order valence-corrected chi connectivity index (χ1v) is 7.80. The van der Waals surface area contributed by atoms with Crippen LogP contribution in [-0.2, 0) is 5.54 Å². The predicted octanol–water partition coefficient (Wildman–Crippen LogP) is 3.40. The second-order valence-electron chi connectivity index (χ2n) is 5.86. The van der Waals surface area contributed by atoms with Crippen LogP contribution in [0.25, 0.3) is 11.0 Å². The molecular formula is C18H20N4O. The lowest BCUT2D eigenvalue weighted by molar-refractivity contribution is 0.0896. The van der Waals surface area contributed by atoms with Crippen LogP contribution < -0.4 is 5.32 Å². The number of nitrogens with zero attached hydrogens (tertiary/aromatic N) is 2. The van der Waals surface area contributed by atoms with E-state index in [0.29, 0.717) is 11.3 Å². The highest BCUT2D eigenvalue weighted by Crippen LogP contribution is 2.27. The van der Waals surface area contributed by atoms with Crippen LogP contribution in [-0.4, -0.2) is 20.9 Å². The van der Waals surface area contributed by atoms with Gasteiger partial charge in [-0.1, -0.05) is 43.7 Å². The van der Waals surface area contributed by atoms with Crippen LogP contribution in [0.1, 0.15) is 42.7 Å². The predicted molar refractivity (Wildman–Crippen MR) is 90.1 cm³/mol. The average molecular weight is 308 g/mol. The fourth-order valence-electron chi connectivity index (χ4n) is 2.95. The smallest absolute Gasteiger partial charge is 0.271 e. The van der Waals surface area contributed by atoms with Crippen molar-refractivity contribution in [3.05, 3.63) is 60.2 Å². The molecule has 0 saturated carbocycles. The molecule has 0 bridgehead atoms. The molecule has 3 aromatic rings. The molecular weight excluding hydrogens is 288 g/mol. The molecule has 0 radical (unpaired) electrons. The molecule has 0 aliphatic carbocycles. The summed E-state index contributed by atoms with van der Waals surface area (Å²) < 4.78 is 0. The lowest BCUT2D eigenvalue weighted by Gasteiger charge is -2.31. The van der Waals surface area contributed by atoms with E-state index in [-0.39, 0.29) is 5.91 Å². The van der Waals surface area contributed by atoms with E-state index in [1.165, 1.54) is 6.33 Å². The Balaban J connectivity index is 1.94. The molecule has 0 spiro atoms. The summed E-state index contributed by atoms with van der Waals surface area (Å²) >= 11 is 0. The summed E-state index contributed by atoms with van der Waals surface area (Å²) in [7, 11) is 0. The number of hydrogen-bond acceptors (Lipinski definition) is 3. The highest BCUT2D eigenvalue weighted by atomic mass is 16.2. The van der Waals surface area contributed by atoms with Gasteiger partial charge in [-0.05, 0) is 25.0 Å². The van der Waals surface area contributed by atoms with Gasteiger partial charge in [0.15, 0.2) is 0 Å². The SMILES string of the molecule is CCCC(C)(NC(=O)c1ncnc2[nH]ccc12)c1ccccc1. The number of amides is 1. The van der Waals surface area contributed by atoms with Gasteiger partial charge < -0.3 is 10.3 Å². The molecule has 1 amide bonds. The lowest BCUT2D eigenvalue weighted by Crippen LogP contribution is -2.43. The Morgan fingerprint density at radius 3 is 2.74 bits per heavy atom. The fourth-order valence-corrected chi connectivity index (χ4v) is 2.95. The molecule has 2 heterocycles. The summed E-state index contributed by atoms with van der Waals surface area (Å²) in [5, 5.41) is 3.90. The zero-order valence-corrected chi connectivity index (χ0v) is 13.3. The van der Waals surface area contributed by atoms with Crippen LogP contribution in [0.2, 0.25) is 0 Å². The van der Waals surface area contributed by atoms with E-state index in [0.717, 1.165) is 23.8 Å². The fraction of sp³-hybridized carbons (Fsp3) is 0.278. The van der Waals surface area contributed by atoms with Crippen molar-refractivity contribution in [2.24, 2.45) is 0 Å². The maximum atomic E-state index is 12.8. The van der Waals surface area contributed by atoms with Crippen molar-refractivity contribution in [1.29, 1.82) is 0 Å². The maximum Gasteiger partial charge on any atom is 0.271 e. The highest BCUT2D eigenvalue weighted by molar-refractivity contribution is 6.03. The molecule has 118 valence electrons. The number of H-pyrrole nitrogens is 1. The van der Waals surface area contributed by atoms with E-state index >= 15 is 0 Å². The number of benzene rings is 1. The van der Waals surface area contributed by atoms with Crippen molar-refractivity contribution in [2.75, 3.05) is 0 Å². The van der Waals surface area contributed by atoms with E-state index in [1.54, 1.807) is 6.20 Å². The summed E-state index contributed by atoms with van der Waals surface area (Å²) in [4.78, 5) is 24.1. The third-order valence-electron chi connectivity index (χ3n) is 4.12. The topological polar surface area (TPSA) is 70.7 Å². The largest absolute Gasteiger partial charge is 0.346 e. The molecule has 1 aromatic carbocycles. The van der Waals surface area contributed by atoms with Gasteiger partial charge in [0.2, 0.25) is 0 Å². The summed E-state index contributed by atoms with van der Waals surface area (Å²) in [6.45, 7) is 4.17. The van der Waals surface area contributed by atoms with E-state index in [2.05, 4.69) is 34.1 Å². The Morgan fingerprint density at radius 2 is 2.00 bits per heavy atom. The standard InChI is InChI=1S/C18H20N4O/c1-3-10-18(2,13-7-5-4-6-8-13)22-17(23)15-14-9-11-19-16(14)21-12-20-15/h4-9,11-12H,3,10H2,1-2H3,(H,22,23)(H,19,20,21). The first-order chi connectivity index (χ1) is 11.1. The lowest BCUT2D eigenvalue weighted by atomic mass is 9.87. The summed E-state index contributed by atoms with van der Waals surface area (Å²) in [5.41, 5.74) is 1.73. The van der Waals surface area contributed by atoms with E-state index in [9.17, 15) is 4.79 Å². The minimum atomic E-state index is -0.430. The highest BCUT2D eigenvalue weighted by Gasteiger charge is 2.29. The van der Waals surface area contributed by atoms with Crippen LogP contribution >= 0.6 is 0 Å². The third kappa shape index (κ3) is 2.95. The van der Waals surface area contributed by atoms with Crippen molar-refractivity contribution >= 4 is 16.9 Å². The van der Waals surface area contributed by atoms with Gasteiger partial charge in [0.1, 0.15) is 17.7 Å². The number of aromatic nitrogens is 3. The van der Waals surface area contributed by atoms with Gasteiger partial charge in [0, 0.05) is 6.20 Å². The van der Waals surface area contributed by atoms with E-state index < -0.39 is 5.54 Å². The minimum Gasteiger partial charge on any atom is -0.346 e. The van der Waals surface area contributed by atoms with Gasteiger partial charge in [-0.3, -0.25) is 4.79 Å². The molecule has 2 aromatic heterocycles. The first-order valence-electron chi connectivity index (χ1n) is 7.80. The maximum absolute atomic E-state index is 12.8. The number of hydrogen-bond donors (Lipinski definition) is 2. The molecule has 1 atom stereocenters. The number of fused-ring (bicyclic) bond motifs is 1. The van der Waals surface area contributed by atoms with Gasteiger partial charge in [-0.15, -0.1) is 0 Å². The van der Waals surface area contributed by atoms with Crippen LogP contribution in [0, 0.1) is 0 Å². The Labute approximate surface area is 135 Å². The second-order valence-corrected chi connectivity index (χ2v) is 5.86. The molecule has 0 aliphatic rings. The molecule has 0 saturated heterocycles. The quantitative estimate of drug-likeness (QED) is 0.759. The molecule has 0 aliphatic heterocycles. The molecule has 2 N–H and O–H groups in total. The number of carbonyl (C=O) groups is 1. The molecule has 1 unspecified atom stereocenters. The number of rotatable bonds is 5. The Kier molecular flexibility index (Phi) is 4.10. The monoisotopic (exact) mass is 308 g/mol. The number of carbonyl (C=O) groups excluding carboxylic acids is 1. The Bertz CT molecular complexity index is 812. The normalized spacial score (nSPS) is 13.7. The van der Waals surface area contributed by atoms with Crippen LogP contribution in [0.3, 0.4) is 0 Å². The number of nitrogens with one attached hydrogen (secondary N) is 2. The van der Waals surface area contributed by atoms with Gasteiger partial charge in [-0.2, -0.15) is 0 Å². The average Bonchev–Trinajstić information content (AvgIpc) is 3.04. The third-order valence-corrected chi connectivity index (χ3v) is 4.12. The molecule has 5 nitrogen and oxygen atoms in total. The van der Waals surface area contributed by atoms with Crippen molar-refractivity contribution < 1.29 is 4.79 Å². The minimum absolute atomic E-state index is 0.184. The summed E-state index contributed by atoms with van der Waals surface area (Å²) in [6, 6.07) is 11.9. The Hall–Kier alpha value is -2.69. The summed E-state index contributed by atoms with van der Waals surface area (Å²) in [5.74, 6) is -0.184. The van der Waals surface area contributed by atoms with Gasteiger partial charge in [-0.25, -0.2) is 9.97 Å². The van der Waals surface area contributed by atoms with Crippen molar-refractivity contribution in [2.45, 2.75) is 32.2 Å². The first kappa shape index (κ1) is 15.2. The van der Waals surface area contributed by atoms with Crippen molar-refractivity contribution in [3.8, 4) is 0 Å². The van der Waals surface area contributed by atoms with E-state index in [4.69, 9.17) is 0 Å². The van der Waals surface area contributed by atoms with Crippen molar-refractivity contribution in [3.63, 3.8) is 0 Å². The molecule has 0 fully saturated rings. The van der Waals surface area contributed by atoms with Gasteiger partial charge in [0.05, 0.1) is 10.9 Å². The van der Waals surface area contributed by atoms with Crippen LogP contribution in [0.15, 0.2) is 48.9 Å². The van der Waals surface area contributed by atoms with Crippen LogP contribution in [0.5, 0.6) is 0 Å². The Morgan fingerprint density at radius 1 is 1.22 bits per heavy atom. The zero-order chi connectivity index (χ0) is 16.3. The van der Waals surface area contributed by atoms with Crippen molar-refractivity contribution in [1.82, 2.24) is 20.3 Å². The second kappa shape index (κ2) is 6.20.